The molecule has 3 N–H and O–H groups in total. The third kappa shape index (κ3) is 4.05. The van der Waals surface area contributed by atoms with Gasteiger partial charge in [0.2, 0.25) is 0 Å². The molecule has 0 fully saturated rings. The Kier molecular flexibility index (Phi) is 5.03. The molecule has 0 aliphatic carbocycles. The summed E-state index contributed by atoms with van der Waals surface area (Å²) in [6.45, 7) is 0. The number of carboxylic acids is 3. The Morgan fingerprint density at radius 1 is 1.00 bits per heavy atom. The molecule has 0 spiro atoms. The van der Waals surface area contributed by atoms with Gasteiger partial charge in [0.25, 0.3) is 0 Å². The van der Waals surface area contributed by atoms with Gasteiger partial charge in [-0.1, -0.05) is 0 Å². The predicted octanol–water partition coefficient (Wildman–Crippen LogP) is -0.184. The van der Waals surface area contributed by atoms with Crippen LogP contribution in [0.4, 0.5) is 0 Å². The van der Waals surface area contributed by atoms with Crippen LogP contribution in [0.5, 0.6) is 0 Å². The van der Waals surface area contributed by atoms with Gasteiger partial charge in [0, 0.05) is 17.8 Å². The first-order valence-electron chi connectivity index (χ1n) is 4.54. The van der Waals surface area contributed by atoms with Crippen LogP contribution < -0.4 is 0 Å². The molecule has 0 saturated carbocycles. The van der Waals surface area contributed by atoms with Crippen molar-refractivity contribution < 1.29 is 34.6 Å². The van der Waals surface area contributed by atoms with Crippen LogP contribution in [0.25, 0.3) is 0 Å². The number of aliphatic carboxylic acids is 3. The van der Waals surface area contributed by atoms with E-state index in [2.05, 4.69) is 0 Å². The van der Waals surface area contributed by atoms with Crippen molar-refractivity contribution in [1.29, 1.82) is 0 Å². The molecule has 9 heteroatoms. The molecule has 0 aromatic carbocycles. The van der Waals surface area contributed by atoms with Gasteiger partial charge in [-0.15, -0.1) is 0 Å². The van der Waals surface area contributed by atoms with Gasteiger partial charge in [0.1, 0.15) is 0 Å². The first kappa shape index (κ1) is 14.8. The van der Waals surface area contributed by atoms with Gasteiger partial charge < -0.3 is 15.3 Å². The molecule has 0 unspecified atom stereocenters. The van der Waals surface area contributed by atoms with Crippen molar-refractivity contribution in [2.24, 2.45) is 0 Å². The molecule has 96 valence electrons. The SMILES string of the molecule is O=C(O)CCC(CCC(=O)O)(C(=O)O)[N+](=O)[O-]. The third-order valence-electron chi connectivity index (χ3n) is 2.25. The number of rotatable bonds is 8. The fourth-order valence-electron chi connectivity index (χ4n) is 1.23. The number of hydrogen-bond donors (Lipinski definition) is 3. The Labute approximate surface area is 94.8 Å². The van der Waals surface area contributed by atoms with Crippen LogP contribution in [0.15, 0.2) is 0 Å². The first-order chi connectivity index (χ1) is 7.72. The van der Waals surface area contributed by atoms with Crippen molar-refractivity contribution in [3.8, 4) is 0 Å². The topological polar surface area (TPSA) is 155 Å². The van der Waals surface area contributed by atoms with Gasteiger partial charge in [-0.05, 0) is 0 Å². The van der Waals surface area contributed by atoms with Gasteiger partial charge in [0.05, 0.1) is 12.8 Å². The van der Waals surface area contributed by atoms with Gasteiger partial charge in [-0.3, -0.25) is 19.7 Å². The summed E-state index contributed by atoms with van der Waals surface area (Å²) < 4.78 is 0. The second-order valence-electron chi connectivity index (χ2n) is 3.38. The first-order valence-corrected chi connectivity index (χ1v) is 4.54. The Bertz CT molecular complexity index is 315. The van der Waals surface area contributed by atoms with Gasteiger partial charge in [0.15, 0.2) is 0 Å². The maximum absolute atomic E-state index is 10.9. The zero-order valence-corrected chi connectivity index (χ0v) is 8.66. The van der Waals surface area contributed by atoms with E-state index in [1.54, 1.807) is 0 Å². The highest BCUT2D eigenvalue weighted by molar-refractivity contribution is 5.79. The molecule has 0 atom stereocenters. The smallest absolute Gasteiger partial charge is 0.382 e. The second-order valence-corrected chi connectivity index (χ2v) is 3.38. The Morgan fingerprint density at radius 3 is 1.53 bits per heavy atom. The number of nitrogens with zero attached hydrogens (tertiary/aromatic N) is 1. The quantitative estimate of drug-likeness (QED) is 0.395. The molecule has 0 aliphatic heterocycles. The van der Waals surface area contributed by atoms with E-state index in [1.807, 2.05) is 0 Å². The van der Waals surface area contributed by atoms with Crippen molar-refractivity contribution in [2.75, 3.05) is 0 Å². The van der Waals surface area contributed by atoms with Crippen LogP contribution in [0.3, 0.4) is 0 Å². The number of carbonyl (C=O) groups is 3. The summed E-state index contributed by atoms with van der Waals surface area (Å²) in [5.74, 6) is -4.59. The van der Waals surface area contributed by atoms with E-state index in [0.29, 0.717) is 0 Å². The minimum absolute atomic E-state index is 0.715. The lowest BCUT2D eigenvalue weighted by atomic mass is 9.89. The van der Waals surface area contributed by atoms with E-state index in [4.69, 9.17) is 15.3 Å². The molecular weight excluding hydrogens is 238 g/mol. The average Bonchev–Trinajstić information content (AvgIpc) is 2.16. The summed E-state index contributed by atoms with van der Waals surface area (Å²) in [6, 6.07) is 0. The highest BCUT2D eigenvalue weighted by Crippen LogP contribution is 2.24. The van der Waals surface area contributed by atoms with Crippen LogP contribution in [0.2, 0.25) is 0 Å². The molecule has 0 aromatic rings. The van der Waals surface area contributed by atoms with Crippen LogP contribution in [0, 0.1) is 10.1 Å². The standard InChI is InChI=1S/C8H11NO8/c10-5(11)1-3-8(7(14)15,9(16)17)4-2-6(12)13/h1-4H2,(H,10,11)(H,12,13)(H,14,15). The van der Waals surface area contributed by atoms with Crippen LogP contribution in [-0.2, 0) is 14.4 Å². The minimum atomic E-state index is -2.56. The Morgan fingerprint density at radius 2 is 1.35 bits per heavy atom. The summed E-state index contributed by atoms with van der Waals surface area (Å²) in [6.07, 6.45) is -2.93. The van der Waals surface area contributed by atoms with Crippen molar-refractivity contribution in [3.63, 3.8) is 0 Å². The molecule has 0 radical (unpaired) electrons. The van der Waals surface area contributed by atoms with Gasteiger partial charge in [-0.2, -0.15) is 0 Å². The Hall–Kier alpha value is -2.19. The lowest BCUT2D eigenvalue weighted by molar-refractivity contribution is -0.557. The van der Waals surface area contributed by atoms with Crippen molar-refractivity contribution in [3.05, 3.63) is 10.1 Å². The predicted molar refractivity (Wildman–Crippen MR) is 51.1 cm³/mol. The highest BCUT2D eigenvalue weighted by Gasteiger charge is 2.51. The molecule has 17 heavy (non-hydrogen) atoms. The van der Waals surface area contributed by atoms with Crippen LogP contribution in [0.1, 0.15) is 25.7 Å². The van der Waals surface area contributed by atoms with Crippen LogP contribution in [-0.4, -0.2) is 43.7 Å². The lowest BCUT2D eigenvalue weighted by Gasteiger charge is -2.19. The zero-order chi connectivity index (χ0) is 13.6. The molecule has 0 rings (SSSR count). The molecule has 0 aliphatic rings. The molecule has 9 nitrogen and oxygen atoms in total. The van der Waals surface area contributed by atoms with E-state index in [-0.39, 0.29) is 0 Å². The van der Waals surface area contributed by atoms with Crippen molar-refractivity contribution in [1.82, 2.24) is 0 Å². The van der Waals surface area contributed by atoms with E-state index in [1.165, 1.54) is 0 Å². The molecule has 0 amide bonds. The van der Waals surface area contributed by atoms with Crippen LogP contribution >= 0.6 is 0 Å². The second kappa shape index (κ2) is 5.77. The number of carboxylic acid groups (broad SMARTS) is 3. The monoisotopic (exact) mass is 249 g/mol. The molecule has 0 saturated heterocycles. The normalized spacial score (nSPS) is 10.8. The Balaban J connectivity index is 4.99. The average molecular weight is 249 g/mol. The van der Waals surface area contributed by atoms with Crippen molar-refractivity contribution in [2.45, 2.75) is 31.2 Å². The zero-order valence-electron chi connectivity index (χ0n) is 8.66. The lowest BCUT2D eigenvalue weighted by Crippen LogP contribution is -2.47. The van der Waals surface area contributed by atoms with E-state index in [0.717, 1.165) is 0 Å². The molecular formula is C8H11NO8. The largest absolute Gasteiger partial charge is 0.481 e. The summed E-state index contributed by atoms with van der Waals surface area (Å²) in [7, 11) is 0. The minimum Gasteiger partial charge on any atom is -0.481 e. The summed E-state index contributed by atoms with van der Waals surface area (Å²) in [5.41, 5.74) is -2.56. The molecule has 0 bridgehead atoms. The maximum Gasteiger partial charge on any atom is 0.382 e. The third-order valence-corrected chi connectivity index (χ3v) is 2.25. The van der Waals surface area contributed by atoms with E-state index >= 15 is 0 Å². The maximum atomic E-state index is 10.9. The summed E-state index contributed by atoms with van der Waals surface area (Å²) >= 11 is 0. The van der Waals surface area contributed by atoms with E-state index < -0.39 is 54.1 Å². The summed E-state index contributed by atoms with van der Waals surface area (Å²) in [5, 5.41) is 36.3. The molecule has 0 heterocycles. The molecule has 0 aromatic heterocycles. The number of nitro groups is 1. The van der Waals surface area contributed by atoms with Crippen molar-refractivity contribution >= 4 is 17.9 Å². The van der Waals surface area contributed by atoms with E-state index in [9.17, 15) is 24.5 Å². The number of hydrogen-bond acceptors (Lipinski definition) is 5. The fraction of sp³-hybridized carbons (Fsp3) is 0.625. The fourth-order valence-corrected chi connectivity index (χ4v) is 1.23. The van der Waals surface area contributed by atoms with Gasteiger partial charge >= 0.3 is 23.4 Å². The highest BCUT2D eigenvalue weighted by atomic mass is 16.6. The summed E-state index contributed by atoms with van der Waals surface area (Å²) in [4.78, 5) is 41.0. The van der Waals surface area contributed by atoms with Gasteiger partial charge in [-0.25, -0.2) is 4.79 Å².